The average Bonchev–Trinajstić information content (AvgIpc) is 2.80. The van der Waals surface area contributed by atoms with E-state index in [0.29, 0.717) is 23.7 Å². The Labute approximate surface area is 189 Å². The van der Waals surface area contributed by atoms with Gasteiger partial charge in [0.2, 0.25) is 0 Å². The second kappa shape index (κ2) is 10.5. The molecule has 0 bridgehead atoms. The number of hydrogen-bond donors (Lipinski definition) is 2. The van der Waals surface area contributed by atoms with E-state index in [2.05, 4.69) is 11.1 Å². The van der Waals surface area contributed by atoms with Crippen molar-refractivity contribution in [2.75, 3.05) is 0 Å². The summed E-state index contributed by atoms with van der Waals surface area (Å²) in [6.45, 7) is 1.89. The number of carboxylic acids is 1. The van der Waals surface area contributed by atoms with E-state index in [0.717, 1.165) is 11.1 Å². The lowest BCUT2D eigenvalue weighted by molar-refractivity contribution is -0.145. The first-order valence-corrected chi connectivity index (χ1v) is 10.1. The number of carboxylic acid groups (broad SMARTS) is 1. The summed E-state index contributed by atoms with van der Waals surface area (Å²) in [4.78, 5) is 14.9. The monoisotopic (exact) mass is 453 g/mol. The molecule has 0 amide bonds. The van der Waals surface area contributed by atoms with Crippen LogP contribution in [0.15, 0.2) is 48.5 Å². The number of ether oxygens (including phenoxy) is 2. The molecule has 2 aromatic carbocycles. The number of halogens is 2. The first-order valence-electron chi connectivity index (χ1n) is 10.1. The van der Waals surface area contributed by atoms with Crippen molar-refractivity contribution in [2.45, 2.75) is 32.4 Å². The molecule has 1 heterocycles. The molecule has 0 aliphatic heterocycles. The Kier molecular flexibility index (Phi) is 7.53. The molecule has 0 spiro atoms. The fraction of sp³-hybridized carbons (Fsp3) is 0.208. The van der Waals surface area contributed by atoms with Gasteiger partial charge in [0, 0.05) is 12.6 Å². The number of rotatable bonds is 9. The minimum atomic E-state index is -1.36. The van der Waals surface area contributed by atoms with Gasteiger partial charge in [-0.25, -0.2) is 13.6 Å². The van der Waals surface area contributed by atoms with Crippen LogP contribution >= 0.6 is 0 Å². The third kappa shape index (κ3) is 5.81. The molecular formula is C24H21F2N3O4. The van der Waals surface area contributed by atoms with Crippen LogP contribution in [0.1, 0.15) is 24.5 Å². The molecule has 0 saturated carbocycles. The number of nitriles is 1. The fourth-order valence-corrected chi connectivity index (χ4v) is 3.10. The zero-order valence-electron chi connectivity index (χ0n) is 17.7. The Morgan fingerprint density at radius 1 is 1.12 bits per heavy atom. The topological polar surface area (TPSA) is 118 Å². The van der Waals surface area contributed by atoms with Gasteiger partial charge in [0.1, 0.15) is 5.75 Å². The summed E-state index contributed by atoms with van der Waals surface area (Å²) in [6, 6.07) is 15.0. The van der Waals surface area contributed by atoms with E-state index in [-0.39, 0.29) is 18.6 Å². The lowest BCUT2D eigenvalue weighted by atomic mass is 9.99. The highest BCUT2D eigenvalue weighted by molar-refractivity contribution is 5.72. The fourth-order valence-electron chi connectivity index (χ4n) is 3.10. The van der Waals surface area contributed by atoms with Crippen molar-refractivity contribution in [3.63, 3.8) is 0 Å². The first-order chi connectivity index (χ1) is 15.8. The van der Waals surface area contributed by atoms with Gasteiger partial charge in [0.15, 0.2) is 17.7 Å². The van der Waals surface area contributed by atoms with Crippen LogP contribution in [0.2, 0.25) is 0 Å². The maximum atomic E-state index is 14.4. The summed E-state index contributed by atoms with van der Waals surface area (Å²) >= 11 is 0. The molecule has 0 aliphatic carbocycles. The molecule has 33 heavy (non-hydrogen) atoms. The van der Waals surface area contributed by atoms with Crippen LogP contribution in [0.3, 0.4) is 0 Å². The molecule has 3 rings (SSSR count). The lowest BCUT2D eigenvalue weighted by Gasteiger charge is -2.15. The van der Waals surface area contributed by atoms with Gasteiger partial charge < -0.3 is 20.3 Å². The molecule has 3 N–H and O–H groups in total. The van der Waals surface area contributed by atoms with Crippen molar-refractivity contribution in [3.8, 4) is 34.7 Å². The number of aliphatic carboxylic acids is 1. The summed E-state index contributed by atoms with van der Waals surface area (Å²) in [6.07, 6.45) is -1.23. The maximum absolute atomic E-state index is 14.4. The highest BCUT2D eigenvalue weighted by atomic mass is 19.1. The second-order valence-corrected chi connectivity index (χ2v) is 7.12. The zero-order chi connectivity index (χ0) is 24.0. The van der Waals surface area contributed by atoms with Gasteiger partial charge in [-0.05, 0) is 52.9 Å². The molecular weight excluding hydrogens is 432 g/mol. The first kappa shape index (κ1) is 23.6. The number of benzene rings is 2. The van der Waals surface area contributed by atoms with Crippen molar-refractivity contribution in [1.82, 2.24) is 4.98 Å². The summed E-state index contributed by atoms with van der Waals surface area (Å²) < 4.78 is 39.2. The lowest BCUT2D eigenvalue weighted by Crippen LogP contribution is -2.26. The highest BCUT2D eigenvalue weighted by Gasteiger charge is 2.22. The number of pyridine rings is 1. The van der Waals surface area contributed by atoms with E-state index < -0.39 is 35.5 Å². The van der Waals surface area contributed by atoms with Crippen LogP contribution in [0.25, 0.3) is 11.1 Å². The molecule has 1 aromatic heterocycles. The van der Waals surface area contributed by atoms with E-state index in [1.165, 1.54) is 6.07 Å². The predicted octanol–water partition coefficient (Wildman–Crippen LogP) is 4.59. The van der Waals surface area contributed by atoms with Gasteiger partial charge in [0.05, 0.1) is 12.5 Å². The Balaban J connectivity index is 2.00. The van der Waals surface area contributed by atoms with Crippen molar-refractivity contribution < 1.29 is 28.2 Å². The molecule has 1 atom stereocenters. The number of nitrogens with zero attached hydrogens (tertiary/aromatic N) is 2. The van der Waals surface area contributed by atoms with Gasteiger partial charge in [-0.2, -0.15) is 10.2 Å². The minimum absolute atomic E-state index is 0.0471. The van der Waals surface area contributed by atoms with E-state index in [4.69, 9.17) is 25.6 Å². The molecule has 9 heteroatoms. The molecule has 0 fully saturated rings. The van der Waals surface area contributed by atoms with Crippen molar-refractivity contribution in [3.05, 3.63) is 71.3 Å². The van der Waals surface area contributed by atoms with Crippen molar-refractivity contribution >= 4 is 5.97 Å². The van der Waals surface area contributed by atoms with Crippen LogP contribution in [0, 0.1) is 23.0 Å². The van der Waals surface area contributed by atoms with Crippen LogP contribution < -0.4 is 15.2 Å². The second-order valence-electron chi connectivity index (χ2n) is 7.12. The molecule has 0 radical (unpaired) electrons. The van der Waals surface area contributed by atoms with Gasteiger partial charge in [-0.1, -0.05) is 25.1 Å². The van der Waals surface area contributed by atoms with Gasteiger partial charge >= 0.3 is 5.97 Å². The Morgan fingerprint density at radius 2 is 1.85 bits per heavy atom. The molecule has 7 nitrogen and oxygen atoms in total. The van der Waals surface area contributed by atoms with Gasteiger partial charge in [-0.3, -0.25) is 0 Å². The van der Waals surface area contributed by atoms with Gasteiger partial charge in [-0.15, -0.1) is 0 Å². The van der Waals surface area contributed by atoms with E-state index in [1.807, 2.05) is 24.3 Å². The number of aromatic nitrogens is 1. The molecule has 1 unspecified atom stereocenters. The SMILES string of the molecule is CCC(Oc1nc(Oc2cc(CC#N)cc(-c3cccc(CN)c3)c2)c(F)cc1F)C(=O)O. The van der Waals surface area contributed by atoms with E-state index >= 15 is 0 Å². The largest absolute Gasteiger partial charge is 0.479 e. The Morgan fingerprint density at radius 3 is 2.52 bits per heavy atom. The van der Waals surface area contributed by atoms with E-state index in [9.17, 15) is 13.6 Å². The Hall–Kier alpha value is -4.03. The summed E-state index contributed by atoms with van der Waals surface area (Å²) in [5.41, 5.74) is 8.74. The third-order valence-electron chi connectivity index (χ3n) is 4.73. The van der Waals surface area contributed by atoms with Crippen LogP contribution in [-0.2, 0) is 17.8 Å². The quantitative estimate of drug-likeness (QED) is 0.487. The van der Waals surface area contributed by atoms with Crippen molar-refractivity contribution in [1.29, 1.82) is 5.26 Å². The summed E-state index contributed by atoms with van der Waals surface area (Å²) in [7, 11) is 0. The van der Waals surface area contributed by atoms with Gasteiger partial charge in [0.25, 0.3) is 11.8 Å². The number of hydrogen-bond acceptors (Lipinski definition) is 6. The number of nitrogens with two attached hydrogens (primary N) is 1. The number of carbonyl (C=O) groups is 1. The molecule has 0 aliphatic rings. The predicted molar refractivity (Wildman–Crippen MR) is 116 cm³/mol. The Bertz CT molecular complexity index is 1210. The molecule has 3 aromatic rings. The third-order valence-corrected chi connectivity index (χ3v) is 4.73. The summed E-state index contributed by atoms with van der Waals surface area (Å²) in [5, 5.41) is 18.2. The van der Waals surface area contributed by atoms with Crippen molar-refractivity contribution in [2.24, 2.45) is 5.73 Å². The maximum Gasteiger partial charge on any atom is 0.344 e. The van der Waals surface area contributed by atoms with Crippen LogP contribution in [-0.4, -0.2) is 22.2 Å². The van der Waals surface area contributed by atoms with E-state index in [1.54, 1.807) is 19.1 Å². The average molecular weight is 453 g/mol. The van der Waals surface area contributed by atoms with Crippen LogP contribution in [0.4, 0.5) is 8.78 Å². The highest BCUT2D eigenvalue weighted by Crippen LogP contribution is 2.32. The molecule has 0 saturated heterocycles. The minimum Gasteiger partial charge on any atom is -0.479 e. The smallest absolute Gasteiger partial charge is 0.344 e. The van der Waals surface area contributed by atoms with Crippen LogP contribution in [0.5, 0.6) is 17.5 Å². The summed E-state index contributed by atoms with van der Waals surface area (Å²) in [5.74, 6) is -4.69. The normalized spacial score (nSPS) is 11.5. The molecule has 170 valence electrons. The zero-order valence-corrected chi connectivity index (χ0v) is 17.7. The standard InChI is InChI=1S/C24H21F2N3O4/c1-2-21(24(30)31)33-23-20(26)12-19(25)22(29-23)32-18-10-14(6-7-27)8-17(11-18)16-5-3-4-15(9-16)13-28/h3-5,8-12,21H,2,6,13,28H2,1H3,(H,30,31).